The van der Waals surface area contributed by atoms with Crippen LogP contribution >= 0.6 is 11.6 Å². The minimum absolute atomic E-state index is 0.0118. The average Bonchev–Trinajstić information content (AvgIpc) is 1.60. The number of hydrazine groups is 1. The first-order valence-corrected chi connectivity index (χ1v) is 44.2. The molecule has 36 nitrogen and oxygen atoms in total. The summed E-state index contributed by atoms with van der Waals surface area (Å²) in [5.74, 6) is 9.15. The van der Waals surface area contributed by atoms with Gasteiger partial charge in [0.25, 0.3) is 17.5 Å². The number of hydrogen-bond donors (Lipinski definition) is 10. The van der Waals surface area contributed by atoms with Crippen molar-refractivity contribution >= 4 is 91.9 Å². The highest BCUT2D eigenvalue weighted by Crippen LogP contribution is 2.36. The average molecular weight is 1920 g/mol. The predicted molar refractivity (Wildman–Crippen MR) is 539 cm³/mol. The van der Waals surface area contributed by atoms with E-state index in [4.69, 9.17) is 107 Å². The monoisotopic (exact) mass is 1920 g/mol. The quantitative estimate of drug-likeness (QED) is 0.0128. The zero-order valence-corrected chi connectivity index (χ0v) is 82.1. The van der Waals surface area contributed by atoms with Crippen LogP contribution in [0.1, 0.15) is 153 Å². The van der Waals surface area contributed by atoms with Gasteiger partial charge in [-0.3, -0.25) is 26.7 Å². The van der Waals surface area contributed by atoms with E-state index in [1.54, 1.807) is 71.3 Å². The van der Waals surface area contributed by atoms with Gasteiger partial charge in [-0.1, -0.05) is 203 Å². The number of nitrogens with two attached hydrogens (primary N) is 5. The number of carbonyl (C=O) groups excluding carboxylic acids is 5. The molecule has 0 saturated carbocycles. The number of amides is 2. The second-order valence-electron chi connectivity index (χ2n) is 32.6. The van der Waals surface area contributed by atoms with Gasteiger partial charge in [-0.25, -0.2) is 45.6 Å². The molecule has 2 atom stereocenters. The van der Waals surface area contributed by atoms with Crippen molar-refractivity contribution in [2.45, 2.75) is 159 Å². The number of nitrogens with zero attached hydrogens (tertiary/aromatic N) is 17. The van der Waals surface area contributed by atoms with E-state index in [2.05, 4.69) is 80.8 Å². The van der Waals surface area contributed by atoms with Gasteiger partial charge >= 0.3 is 18.3 Å². The number of aryl methyl sites for hydroxylation is 7. The maximum atomic E-state index is 12.6. The second-order valence-corrected chi connectivity index (χ2v) is 32.9. The second kappa shape index (κ2) is 62.9. The number of H-pyrrole nitrogens is 2. The molecule has 0 aliphatic carbocycles. The van der Waals surface area contributed by atoms with Crippen LogP contribution in [0, 0.1) is 118 Å². The fourth-order valence-electron chi connectivity index (χ4n) is 12.4. The van der Waals surface area contributed by atoms with Gasteiger partial charge < -0.3 is 66.1 Å². The lowest BCUT2D eigenvalue weighted by Crippen LogP contribution is -2.44. The number of likely N-dealkylation sites (tertiary alicyclic amines) is 2. The smallest absolute Gasteiger partial charge is 0.410 e. The SMILES string of the molecule is C1CCOC1.CC(C)(C)OC(=O)N1CCC[C@H](O)C1.CCO.COC(=C(C#N)C#N)c1ccc(C)cc1.Cc1ccc(-c2[nH]nc3ncnc(N)c23)cc1.Cc1ccc(-c2nn([C@@H]3CCCN(C(=O)OC(C)(C)C)C3)c3ncnc(N)c23)cc1.Cc1ccc(C(=O)Cl)cc1.Cc1ccc(C(O)=C(C#N)C#N)cc1.Cc1ccccc1.NN.O=C=O.[C-]#[N+]CC#N.[C-]#[N+]c1c(N)n[nH]c1-c1ccc(C)cc1. The summed E-state index contributed by atoms with van der Waals surface area (Å²) in [6.45, 7) is 44.4. The third kappa shape index (κ3) is 41.3. The Balaban J connectivity index is 0.000000411. The van der Waals surface area contributed by atoms with Crippen LogP contribution in [0.2, 0.25) is 0 Å². The molecule has 0 radical (unpaired) electrons. The summed E-state index contributed by atoms with van der Waals surface area (Å²) in [7, 11) is 1.45. The molecule has 3 fully saturated rings. The van der Waals surface area contributed by atoms with Crippen LogP contribution in [-0.2, 0) is 28.5 Å². The van der Waals surface area contributed by atoms with Crippen molar-refractivity contribution in [2.24, 2.45) is 11.7 Å². The molecule has 8 heterocycles. The Morgan fingerprint density at radius 1 is 0.550 bits per heavy atom. The molecular weight excluding hydrogens is 1800 g/mol. The largest absolute Gasteiger partial charge is 0.505 e. The molecule has 0 spiro atoms. The summed E-state index contributed by atoms with van der Waals surface area (Å²) in [6, 6.07) is 64.5. The maximum Gasteiger partial charge on any atom is 0.410 e. The van der Waals surface area contributed by atoms with Crippen LogP contribution in [0.25, 0.3) is 77.0 Å². The number of fused-ring (bicyclic) bond motifs is 2. The highest BCUT2D eigenvalue weighted by atomic mass is 35.5. The fourth-order valence-corrected chi connectivity index (χ4v) is 12.5. The first-order chi connectivity index (χ1) is 66.8. The minimum atomic E-state index is -0.525. The van der Waals surface area contributed by atoms with Gasteiger partial charge in [0.15, 0.2) is 39.8 Å². The number of nitrogens with one attached hydrogen (secondary N) is 2. The maximum absolute atomic E-state index is 12.6. The lowest BCUT2D eigenvalue weighted by molar-refractivity contribution is -0.191. The van der Waals surface area contributed by atoms with Crippen LogP contribution in [0.3, 0.4) is 0 Å². The number of benzene rings is 7. The number of aliphatic hydroxyl groups excluding tert-OH is 3. The number of methoxy groups -OCH3 is 1. The molecule has 7 aromatic carbocycles. The lowest BCUT2D eigenvalue weighted by atomic mass is 10.1. The summed E-state index contributed by atoms with van der Waals surface area (Å²) < 4.78 is 22.7. The Morgan fingerprint density at radius 2 is 0.957 bits per heavy atom. The van der Waals surface area contributed by atoms with Crippen molar-refractivity contribution in [3.8, 4) is 64.1 Å². The molecule has 140 heavy (non-hydrogen) atoms. The Labute approximate surface area is 821 Å². The van der Waals surface area contributed by atoms with E-state index in [0.29, 0.717) is 77.4 Å². The predicted octanol–water partition coefficient (Wildman–Crippen LogP) is 18.3. The van der Waals surface area contributed by atoms with Crippen molar-refractivity contribution in [2.75, 3.05) is 76.9 Å². The molecule has 15 N–H and O–H groups in total. The molecule has 2 amide bonds. The molecule has 0 unspecified atom stereocenters. The van der Waals surface area contributed by atoms with Gasteiger partial charge in [0.2, 0.25) is 0 Å². The van der Waals surface area contributed by atoms with Crippen molar-refractivity contribution in [1.82, 2.24) is 59.9 Å². The van der Waals surface area contributed by atoms with Gasteiger partial charge in [-0.05, 0) is 165 Å². The Morgan fingerprint density at radius 3 is 1.35 bits per heavy atom. The van der Waals surface area contributed by atoms with Gasteiger partial charge in [-0.15, -0.1) is 0 Å². The van der Waals surface area contributed by atoms with Crippen LogP contribution in [-0.4, -0.2) is 176 Å². The lowest BCUT2D eigenvalue weighted by Gasteiger charge is -2.34. The molecule has 3 aliphatic rings. The molecule has 15 rings (SSSR count). The van der Waals surface area contributed by atoms with Gasteiger partial charge in [0.05, 0.1) is 48.0 Å². The van der Waals surface area contributed by atoms with E-state index in [9.17, 15) is 24.6 Å². The summed E-state index contributed by atoms with van der Waals surface area (Å²) in [6.07, 6.45) is 8.06. The van der Waals surface area contributed by atoms with Crippen LogP contribution in [0.4, 0.5) is 32.7 Å². The number of allylic oxidation sites excluding steroid dienone is 2. The summed E-state index contributed by atoms with van der Waals surface area (Å²) >= 11 is 5.22. The highest BCUT2D eigenvalue weighted by Gasteiger charge is 2.32. The van der Waals surface area contributed by atoms with Crippen molar-refractivity contribution < 1.29 is 58.2 Å². The number of nitrogen functional groups attached to an aromatic ring is 3. The molecular formula is C103H121ClN24O12. The summed E-state index contributed by atoms with van der Waals surface area (Å²) in [5.41, 5.74) is 33.2. The molecule has 0 bridgehead atoms. The van der Waals surface area contributed by atoms with E-state index < -0.39 is 22.5 Å². The zero-order chi connectivity index (χ0) is 104. The van der Waals surface area contributed by atoms with Gasteiger partial charge in [0, 0.05) is 73.8 Å². The number of hydrogen-bond acceptors (Lipinski definition) is 29. The number of rotatable bonds is 8. The first kappa shape index (κ1) is 118. The number of β-amino-alcohol motifs (C(OH)–C–C–N with tert-alkyl or cyclic N) is 1. The molecule has 3 saturated heterocycles. The number of nitriles is 5. The third-order valence-electron chi connectivity index (χ3n) is 19.2. The standard InChI is InChI=1S/C22H28N6O2.C12H11N5.C12H10N2O.C11H10N4.C11H8N2O.C10H19NO3.C8H7ClO.C7H8.C4H8O.C3H2N2.C2H6O.CO2.H4N2/c1-14-7-9-15(10-8-14)18-17-19(23)24-13-25-20(17)28(26-18)16-6-5-11-27(12-16)21(29)30-22(2,3)4;1-7-2-4-8(5-3-7)10-9-11(13)14-6-15-12(9)17-16-10;1-9-3-5-10(6-4-9)12(15-2)11(7-13)8-14;1-7-3-5-8(6-4-7)9-10(13-2)11(12)15-14-9;1-8-2-4-9(5-3-8)11(14)10(6-12)7-13;1-10(2,3)14-9(13)11-6-4-5-8(12)7-11;1-6-2-4-7(5-3-6)8(9)10;1-7-5-3-2-4-6-7;1-2-4-5-3-1;1-5-3-2-4;1-2-3;2-1-3;1-2/h7-10,13,16H,5-6,11-12H2,1-4H3,(H2,23,24,25);2-6H,1H3,(H3,13,14,15,16,17);3-6H,1-2H3;3-6H,1H3,(H3,12,14,15);2-5,14H,1H3;8,12H,4-7H2,1-3H3;2-5H,1H3;2-6H,1H3;1-4H2;3H2;3H,2H2,1H3;;1-2H2/t16-;;;;;8-;;;;;;;/m1....0......./s1. The Kier molecular flexibility index (Phi) is 52.8. The number of aromatic amines is 2. The third-order valence-corrected chi connectivity index (χ3v) is 19.4. The van der Waals surface area contributed by atoms with Crippen LogP contribution in [0.15, 0.2) is 200 Å². The molecule has 732 valence electrons. The number of ether oxygens (including phenoxy) is 4. The van der Waals surface area contributed by atoms with Crippen LogP contribution < -0.4 is 28.9 Å². The Bertz CT molecular complexity index is 6230. The normalized spacial score (nSPS) is 12.6. The van der Waals surface area contributed by atoms with E-state index in [1.807, 2.05) is 227 Å². The van der Waals surface area contributed by atoms with E-state index in [1.165, 1.54) is 54.9 Å². The molecule has 37 heteroatoms. The Hall–Kier alpha value is -16.6. The summed E-state index contributed by atoms with van der Waals surface area (Å²) in [4.78, 5) is 77.1. The number of halogens is 1. The van der Waals surface area contributed by atoms with Gasteiger partial charge in [0.1, 0.15) is 71.5 Å². The zero-order valence-electron chi connectivity index (χ0n) is 81.3. The number of aliphatic hydroxyl groups is 3. The van der Waals surface area contributed by atoms with Crippen molar-refractivity contribution in [3.05, 3.63) is 278 Å². The number of piperidine rings is 2. The molecule has 5 aromatic heterocycles. The van der Waals surface area contributed by atoms with Crippen molar-refractivity contribution in [1.29, 1.82) is 26.3 Å². The fraction of sp³-hybridized carbons (Fsp3) is 0.320. The molecule has 12 aromatic rings. The highest BCUT2D eigenvalue weighted by molar-refractivity contribution is 6.67. The van der Waals surface area contributed by atoms with Crippen LogP contribution in [0.5, 0.6) is 0 Å². The first-order valence-electron chi connectivity index (χ1n) is 43.8. The number of carbonyl (C=O) groups is 3. The summed E-state index contributed by atoms with van der Waals surface area (Å²) in [5, 5.41) is 88.3. The number of anilines is 3. The topological polar surface area (TPSA) is 574 Å². The van der Waals surface area contributed by atoms with E-state index >= 15 is 0 Å². The number of aromatic nitrogens is 10. The van der Waals surface area contributed by atoms with Gasteiger partial charge in [-0.2, -0.15) is 51.2 Å². The molecule has 3 aliphatic heterocycles. The minimum Gasteiger partial charge on any atom is -0.505 e. The van der Waals surface area contributed by atoms with E-state index in [0.717, 1.165) is 100 Å². The van der Waals surface area contributed by atoms with Crippen molar-refractivity contribution in [3.63, 3.8) is 0 Å². The van der Waals surface area contributed by atoms with E-state index in [-0.39, 0.29) is 60.3 Å².